The van der Waals surface area contributed by atoms with Gasteiger partial charge in [0.1, 0.15) is 12.4 Å². The zero-order valence-corrected chi connectivity index (χ0v) is 17.4. The Morgan fingerprint density at radius 1 is 1.03 bits per heavy atom. The van der Waals surface area contributed by atoms with Crippen LogP contribution in [0.15, 0.2) is 54.6 Å². The minimum atomic E-state index is -0.0296. The van der Waals surface area contributed by atoms with Crippen LogP contribution in [0.4, 0.5) is 0 Å². The first-order chi connectivity index (χ1) is 14.7. The molecule has 6 heteroatoms. The highest BCUT2D eigenvalue weighted by Crippen LogP contribution is 2.20. The third-order valence-electron chi connectivity index (χ3n) is 5.87. The summed E-state index contributed by atoms with van der Waals surface area (Å²) in [5, 5.41) is 3.03. The fourth-order valence-corrected chi connectivity index (χ4v) is 4.13. The molecule has 1 aromatic heterocycles. The molecule has 2 heterocycles. The maximum absolute atomic E-state index is 12.9. The van der Waals surface area contributed by atoms with Gasteiger partial charge in [-0.05, 0) is 30.5 Å². The summed E-state index contributed by atoms with van der Waals surface area (Å²) in [6, 6.07) is 17.9. The average Bonchev–Trinajstić information content (AvgIpc) is 3.15. The number of aryl methyl sites for hydroxylation is 1. The molecular weight excluding hydrogens is 376 g/mol. The molecule has 1 fully saturated rings. The standard InChI is InChI=1S/C24H28N4O2/c1-2-22-26-20-10-6-7-11-21(20)28(22)17-23(29)27-14-12-19(13-15-27)24(30)25-16-18-8-4-3-5-9-18/h3-11,19H,2,12-17H2,1H3,(H,25,30). The van der Waals surface area contributed by atoms with Crippen LogP contribution in [0.1, 0.15) is 31.2 Å². The van der Waals surface area contributed by atoms with Gasteiger partial charge < -0.3 is 14.8 Å². The molecule has 1 aliphatic rings. The third-order valence-corrected chi connectivity index (χ3v) is 5.87. The summed E-state index contributed by atoms with van der Waals surface area (Å²) < 4.78 is 2.02. The topological polar surface area (TPSA) is 67.2 Å². The predicted molar refractivity (Wildman–Crippen MR) is 117 cm³/mol. The van der Waals surface area contributed by atoms with Crippen LogP contribution >= 0.6 is 0 Å². The number of piperidine rings is 1. The van der Waals surface area contributed by atoms with Crippen LogP contribution in [0, 0.1) is 5.92 Å². The van der Waals surface area contributed by atoms with Crippen molar-refractivity contribution < 1.29 is 9.59 Å². The maximum Gasteiger partial charge on any atom is 0.242 e. The van der Waals surface area contributed by atoms with Gasteiger partial charge in [0, 0.05) is 32.0 Å². The lowest BCUT2D eigenvalue weighted by molar-refractivity contribution is -0.136. The van der Waals surface area contributed by atoms with Gasteiger partial charge in [-0.3, -0.25) is 9.59 Å². The summed E-state index contributed by atoms with van der Waals surface area (Å²) in [5.41, 5.74) is 3.02. The number of carbonyl (C=O) groups excluding carboxylic acids is 2. The summed E-state index contributed by atoms with van der Waals surface area (Å²) in [7, 11) is 0. The van der Waals surface area contributed by atoms with Crippen molar-refractivity contribution in [2.45, 2.75) is 39.3 Å². The molecular formula is C24H28N4O2. The van der Waals surface area contributed by atoms with E-state index in [4.69, 9.17) is 0 Å². The normalized spacial score (nSPS) is 14.8. The molecule has 30 heavy (non-hydrogen) atoms. The smallest absolute Gasteiger partial charge is 0.242 e. The molecule has 0 unspecified atom stereocenters. The minimum Gasteiger partial charge on any atom is -0.352 e. The molecule has 3 aromatic rings. The third kappa shape index (κ3) is 4.37. The first-order valence-electron chi connectivity index (χ1n) is 10.7. The van der Waals surface area contributed by atoms with E-state index >= 15 is 0 Å². The predicted octanol–water partition coefficient (Wildman–Crippen LogP) is 3.15. The van der Waals surface area contributed by atoms with E-state index in [0.717, 1.165) is 28.8 Å². The van der Waals surface area contributed by atoms with Crippen molar-refractivity contribution in [2.75, 3.05) is 13.1 Å². The minimum absolute atomic E-state index is 0.0296. The highest BCUT2D eigenvalue weighted by molar-refractivity contribution is 5.82. The molecule has 0 spiro atoms. The van der Waals surface area contributed by atoms with Crippen molar-refractivity contribution in [3.63, 3.8) is 0 Å². The van der Waals surface area contributed by atoms with E-state index in [0.29, 0.717) is 39.0 Å². The van der Waals surface area contributed by atoms with E-state index in [-0.39, 0.29) is 17.7 Å². The second-order valence-electron chi connectivity index (χ2n) is 7.81. The van der Waals surface area contributed by atoms with Gasteiger partial charge in [-0.15, -0.1) is 0 Å². The highest BCUT2D eigenvalue weighted by atomic mass is 16.2. The Labute approximate surface area is 176 Å². The largest absolute Gasteiger partial charge is 0.352 e. The zero-order chi connectivity index (χ0) is 20.9. The molecule has 2 amide bonds. The first kappa shape index (κ1) is 20.1. The number of nitrogens with zero attached hydrogens (tertiary/aromatic N) is 3. The van der Waals surface area contributed by atoms with Gasteiger partial charge in [-0.2, -0.15) is 0 Å². The molecule has 1 aliphatic heterocycles. The van der Waals surface area contributed by atoms with Crippen molar-refractivity contribution in [1.82, 2.24) is 19.8 Å². The van der Waals surface area contributed by atoms with Crippen molar-refractivity contribution in [3.05, 3.63) is 66.0 Å². The number of benzene rings is 2. The molecule has 0 aliphatic carbocycles. The highest BCUT2D eigenvalue weighted by Gasteiger charge is 2.27. The monoisotopic (exact) mass is 404 g/mol. The molecule has 4 rings (SSSR count). The Hall–Kier alpha value is -3.15. The zero-order valence-electron chi connectivity index (χ0n) is 17.4. The maximum atomic E-state index is 12.9. The average molecular weight is 405 g/mol. The Morgan fingerprint density at radius 3 is 2.47 bits per heavy atom. The Morgan fingerprint density at radius 2 is 1.73 bits per heavy atom. The second-order valence-corrected chi connectivity index (χ2v) is 7.81. The quantitative estimate of drug-likeness (QED) is 0.686. The van der Waals surface area contributed by atoms with Gasteiger partial charge >= 0.3 is 0 Å². The Balaban J connectivity index is 1.32. The summed E-state index contributed by atoms with van der Waals surface area (Å²) >= 11 is 0. The number of rotatable bonds is 6. The molecule has 2 aromatic carbocycles. The van der Waals surface area contributed by atoms with Crippen LogP contribution in [0.2, 0.25) is 0 Å². The van der Waals surface area contributed by atoms with Crippen molar-refractivity contribution in [3.8, 4) is 0 Å². The second kappa shape index (κ2) is 9.11. The number of hydrogen-bond acceptors (Lipinski definition) is 3. The molecule has 1 N–H and O–H groups in total. The molecule has 0 atom stereocenters. The van der Waals surface area contributed by atoms with Crippen LogP contribution in [-0.2, 0) is 29.1 Å². The first-order valence-corrected chi connectivity index (χ1v) is 10.7. The fraction of sp³-hybridized carbons (Fsp3) is 0.375. The lowest BCUT2D eigenvalue weighted by Crippen LogP contribution is -2.44. The number of imidazole rings is 1. The van der Waals surface area contributed by atoms with E-state index in [1.54, 1.807) is 0 Å². The van der Waals surface area contributed by atoms with E-state index in [1.165, 1.54) is 0 Å². The van der Waals surface area contributed by atoms with Gasteiger partial charge in [0.25, 0.3) is 0 Å². The summed E-state index contributed by atoms with van der Waals surface area (Å²) in [6.45, 7) is 4.15. The number of nitrogens with one attached hydrogen (secondary N) is 1. The van der Waals surface area contributed by atoms with Gasteiger partial charge in [0.2, 0.25) is 11.8 Å². The van der Waals surface area contributed by atoms with Crippen molar-refractivity contribution in [2.24, 2.45) is 5.92 Å². The van der Waals surface area contributed by atoms with E-state index < -0.39 is 0 Å². The van der Waals surface area contributed by atoms with Crippen LogP contribution in [0.3, 0.4) is 0 Å². The van der Waals surface area contributed by atoms with Crippen LogP contribution in [-0.4, -0.2) is 39.4 Å². The number of carbonyl (C=O) groups is 2. The number of para-hydroxylation sites is 2. The summed E-state index contributed by atoms with van der Waals surface area (Å²) in [5.74, 6) is 1.08. The van der Waals surface area contributed by atoms with Crippen molar-refractivity contribution in [1.29, 1.82) is 0 Å². The SMILES string of the molecule is CCc1nc2ccccc2n1CC(=O)N1CCC(C(=O)NCc2ccccc2)CC1. The number of fused-ring (bicyclic) bond motifs is 1. The Kier molecular flexibility index (Phi) is 6.12. The molecule has 156 valence electrons. The number of aromatic nitrogens is 2. The van der Waals surface area contributed by atoms with Gasteiger partial charge in [0.15, 0.2) is 0 Å². The van der Waals surface area contributed by atoms with Gasteiger partial charge in [0.05, 0.1) is 11.0 Å². The lowest BCUT2D eigenvalue weighted by Gasteiger charge is -2.31. The lowest BCUT2D eigenvalue weighted by atomic mass is 9.95. The molecule has 1 saturated heterocycles. The van der Waals surface area contributed by atoms with Crippen LogP contribution in [0.5, 0.6) is 0 Å². The van der Waals surface area contributed by atoms with Crippen LogP contribution in [0.25, 0.3) is 11.0 Å². The van der Waals surface area contributed by atoms with E-state index in [9.17, 15) is 9.59 Å². The van der Waals surface area contributed by atoms with Gasteiger partial charge in [-0.1, -0.05) is 49.4 Å². The molecule has 0 saturated carbocycles. The summed E-state index contributed by atoms with van der Waals surface area (Å²) in [4.78, 5) is 32.0. The number of amides is 2. The molecule has 6 nitrogen and oxygen atoms in total. The van der Waals surface area contributed by atoms with E-state index in [2.05, 4.69) is 17.2 Å². The molecule has 0 radical (unpaired) electrons. The fourth-order valence-electron chi connectivity index (χ4n) is 4.13. The number of likely N-dealkylation sites (tertiary alicyclic amines) is 1. The molecule has 0 bridgehead atoms. The van der Waals surface area contributed by atoms with Crippen molar-refractivity contribution >= 4 is 22.8 Å². The van der Waals surface area contributed by atoms with Gasteiger partial charge in [-0.25, -0.2) is 4.98 Å². The summed E-state index contributed by atoms with van der Waals surface area (Å²) in [6.07, 6.45) is 2.20. The number of hydrogen-bond donors (Lipinski definition) is 1. The van der Waals surface area contributed by atoms with E-state index in [1.807, 2.05) is 64.1 Å². The van der Waals surface area contributed by atoms with Crippen LogP contribution < -0.4 is 5.32 Å². The Bertz CT molecular complexity index is 1020.